The van der Waals surface area contributed by atoms with Gasteiger partial charge in [0.2, 0.25) is 0 Å². The largest absolute Gasteiger partial charge is 0.303 e. The van der Waals surface area contributed by atoms with Crippen molar-refractivity contribution in [1.82, 2.24) is 4.90 Å². The minimum absolute atomic E-state index is 0.191. The van der Waals surface area contributed by atoms with Gasteiger partial charge in [0.25, 0.3) is 0 Å². The van der Waals surface area contributed by atoms with Crippen molar-refractivity contribution in [2.45, 2.75) is 44.9 Å². The Balaban J connectivity index is 4.88. The Hall–Kier alpha value is -0.0900. The summed E-state index contributed by atoms with van der Waals surface area (Å²) in [6, 6.07) is 0. The van der Waals surface area contributed by atoms with Crippen molar-refractivity contribution in [3.8, 4) is 0 Å². The van der Waals surface area contributed by atoms with Gasteiger partial charge in [-0.25, -0.2) is 8.42 Å². The lowest BCUT2D eigenvalue weighted by Gasteiger charge is -2.34. The summed E-state index contributed by atoms with van der Waals surface area (Å²) in [5.74, 6) is 0.191. The number of hydrogen-bond acceptors (Lipinski definition) is 3. The third kappa shape index (κ3) is 3.24. The van der Waals surface area contributed by atoms with Crippen LogP contribution in [0.25, 0.3) is 0 Å². The lowest BCUT2D eigenvalue weighted by Crippen LogP contribution is -2.47. The molecule has 0 amide bonds. The van der Waals surface area contributed by atoms with Crippen molar-refractivity contribution < 1.29 is 8.42 Å². The van der Waals surface area contributed by atoms with E-state index in [-0.39, 0.29) is 11.3 Å². The monoisotopic (exact) mass is 221 g/mol. The Bertz CT molecular complexity index is 284. The van der Waals surface area contributed by atoms with Gasteiger partial charge in [-0.3, -0.25) is 0 Å². The Morgan fingerprint density at radius 1 is 1.00 bits per heavy atom. The van der Waals surface area contributed by atoms with E-state index in [1.54, 1.807) is 20.8 Å². The van der Waals surface area contributed by atoms with Gasteiger partial charge >= 0.3 is 0 Å². The quantitative estimate of drug-likeness (QED) is 0.725. The van der Waals surface area contributed by atoms with Crippen LogP contribution in [0.5, 0.6) is 0 Å². The lowest BCUT2D eigenvalue weighted by molar-refractivity contribution is 0.220. The van der Waals surface area contributed by atoms with Crippen LogP contribution in [0.1, 0.15) is 34.6 Å². The predicted molar refractivity (Wildman–Crippen MR) is 61.3 cm³/mol. The molecule has 86 valence electrons. The van der Waals surface area contributed by atoms with Gasteiger partial charge in [-0.1, -0.05) is 0 Å². The average Bonchev–Trinajstić information content (AvgIpc) is 1.80. The zero-order valence-electron chi connectivity index (χ0n) is 10.4. The molecule has 0 aliphatic carbocycles. The molecule has 0 bridgehead atoms. The molecule has 0 aromatic rings. The van der Waals surface area contributed by atoms with Crippen LogP contribution in [0.3, 0.4) is 0 Å². The average molecular weight is 221 g/mol. The molecule has 0 aliphatic rings. The zero-order valence-corrected chi connectivity index (χ0v) is 11.2. The third-order valence-electron chi connectivity index (χ3n) is 2.69. The molecule has 0 fully saturated rings. The zero-order chi connectivity index (χ0) is 11.8. The molecule has 0 heterocycles. The van der Waals surface area contributed by atoms with E-state index in [9.17, 15) is 8.42 Å². The molecular weight excluding hydrogens is 198 g/mol. The second kappa shape index (κ2) is 3.81. The summed E-state index contributed by atoms with van der Waals surface area (Å²) in [5, 5.41) is 0. The van der Waals surface area contributed by atoms with Crippen LogP contribution in [0.2, 0.25) is 0 Å². The minimum Gasteiger partial charge on any atom is -0.303 e. The summed E-state index contributed by atoms with van der Waals surface area (Å²) in [5.41, 5.74) is -0.313. The lowest BCUT2D eigenvalue weighted by atomic mass is 10.1. The fraction of sp³-hybridized carbons (Fsp3) is 1.00. The molecule has 0 aliphatic heterocycles. The van der Waals surface area contributed by atoms with Gasteiger partial charge in [0.05, 0.1) is 10.5 Å². The van der Waals surface area contributed by atoms with Crippen LogP contribution >= 0.6 is 0 Å². The van der Waals surface area contributed by atoms with Gasteiger partial charge in [-0.05, 0) is 48.7 Å². The van der Waals surface area contributed by atoms with E-state index in [4.69, 9.17) is 0 Å². The first-order chi connectivity index (χ1) is 5.90. The van der Waals surface area contributed by atoms with Gasteiger partial charge in [0.1, 0.15) is 0 Å². The van der Waals surface area contributed by atoms with E-state index in [1.165, 1.54) is 0 Å². The normalized spacial score (nSPS) is 14.9. The maximum Gasteiger partial charge on any atom is 0.156 e. The van der Waals surface area contributed by atoms with Gasteiger partial charge in [-0.2, -0.15) is 0 Å². The molecule has 0 N–H and O–H groups in total. The second-order valence-electron chi connectivity index (χ2n) is 5.58. The molecule has 0 saturated heterocycles. The molecule has 0 aromatic heterocycles. The maximum absolute atomic E-state index is 11.9. The van der Waals surface area contributed by atoms with Crippen LogP contribution in [0.4, 0.5) is 0 Å². The van der Waals surface area contributed by atoms with E-state index >= 15 is 0 Å². The summed E-state index contributed by atoms with van der Waals surface area (Å²) >= 11 is 0. The van der Waals surface area contributed by atoms with E-state index in [0.29, 0.717) is 0 Å². The molecule has 0 aromatic carbocycles. The molecule has 4 heteroatoms. The Labute approximate surface area is 88.4 Å². The number of rotatable bonds is 3. The second-order valence-corrected chi connectivity index (χ2v) is 8.32. The van der Waals surface area contributed by atoms with Crippen molar-refractivity contribution in [3.63, 3.8) is 0 Å². The summed E-state index contributed by atoms with van der Waals surface area (Å²) in [7, 11) is 0.760. The van der Waals surface area contributed by atoms with Crippen molar-refractivity contribution >= 4 is 9.84 Å². The highest BCUT2D eigenvalue weighted by molar-refractivity contribution is 7.92. The Morgan fingerprint density at radius 3 is 1.57 bits per heavy atom. The highest BCUT2D eigenvalue weighted by Crippen LogP contribution is 2.22. The van der Waals surface area contributed by atoms with E-state index in [1.807, 2.05) is 32.8 Å². The van der Waals surface area contributed by atoms with Crippen LogP contribution in [-0.4, -0.2) is 43.5 Å². The highest BCUT2D eigenvalue weighted by atomic mass is 32.2. The third-order valence-corrected chi connectivity index (χ3v) is 5.64. The number of nitrogens with zero attached hydrogens (tertiary/aromatic N) is 1. The maximum atomic E-state index is 11.9. The molecule has 14 heavy (non-hydrogen) atoms. The number of hydrogen-bond donors (Lipinski definition) is 0. The van der Waals surface area contributed by atoms with Crippen molar-refractivity contribution in [2.24, 2.45) is 0 Å². The van der Waals surface area contributed by atoms with E-state index in [0.717, 1.165) is 0 Å². The first-order valence-corrected chi connectivity index (χ1v) is 6.45. The summed E-state index contributed by atoms with van der Waals surface area (Å²) in [6.45, 7) is 9.11. The molecule has 0 unspecified atom stereocenters. The first-order valence-electron chi connectivity index (χ1n) is 4.80. The fourth-order valence-electron chi connectivity index (χ4n) is 0.811. The topological polar surface area (TPSA) is 37.4 Å². The summed E-state index contributed by atoms with van der Waals surface area (Å²) in [4.78, 5) is 1.94. The number of sulfone groups is 1. The highest BCUT2D eigenvalue weighted by Gasteiger charge is 2.35. The van der Waals surface area contributed by atoms with Gasteiger partial charge in [0, 0.05) is 5.54 Å². The Morgan fingerprint density at radius 2 is 1.36 bits per heavy atom. The van der Waals surface area contributed by atoms with Gasteiger partial charge < -0.3 is 4.90 Å². The fourth-order valence-corrected chi connectivity index (χ4v) is 2.43. The van der Waals surface area contributed by atoms with Crippen molar-refractivity contribution in [1.29, 1.82) is 0 Å². The molecule has 0 radical (unpaired) electrons. The molecule has 0 saturated carbocycles. The summed E-state index contributed by atoms with van der Waals surface area (Å²) in [6.07, 6.45) is 0. The molecule has 0 rings (SSSR count). The van der Waals surface area contributed by atoms with Crippen molar-refractivity contribution in [2.75, 3.05) is 19.8 Å². The molecular formula is C10H23NO2S. The van der Waals surface area contributed by atoms with Crippen LogP contribution in [0, 0.1) is 0 Å². The smallest absolute Gasteiger partial charge is 0.156 e. The SMILES string of the molecule is CN(C)C(C)(C)CS(=O)(=O)C(C)(C)C. The van der Waals surface area contributed by atoms with Crippen molar-refractivity contribution in [3.05, 3.63) is 0 Å². The Kier molecular flexibility index (Phi) is 3.79. The van der Waals surface area contributed by atoms with Crippen LogP contribution in [-0.2, 0) is 9.84 Å². The predicted octanol–water partition coefficient (Wildman–Crippen LogP) is 1.54. The molecule has 3 nitrogen and oxygen atoms in total. The molecule has 0 spiro atoms. The standard InChI is InChI=1S/C10H23NO2S/c1-9(2,3)14(12,13)8-10(4,5)11(6)7/h8H2,1-7H3. The first kappa shape index (κ1) is 13.9. The van der Waals surface area contributed by atoms with Gasteiger partial charge in [-0.15, -0.1) is 0 Å². The van der Waals surface area contributed by atoms with Gasteiger partial charge in [0.15, 0.2) is 9.84 Å². The minimum atomic E-state index is -3.04. The van der Waals surface area contributed by atoms with Crippen LogP contribution in [0.15, 0.2) is 0 Å². The molecule has 0 atom stereocenters. The van der Waals surface area contributed by atoms with Crippen LogP contribution < -0.4 is 0 Å². The van der Waals surface area contributed by atoms with E-state index < -0.39 is 14.6 Å². The summed E-state index contributed by atoms with van der Waals surface area (Å²) < 4.78 is 23.2. The van der Waals surface area contributed by atoms with E-state index in [2.05, 4.69) is 0 Å².